The highest BCUT2D eigenvalue weighted by atomic mass is 16.4. The van der Waals surface area contributed by atoms with Crippen LogP contribution in [0.4, 0.5) is 4.79 Å². The number of amides is 3. The number of rotatable bonds is 4. The Kier molecular flexibility index (Phi) is 4.59. The lowest BCUT2D eigenvalue weighted by atomic mass is 9.85. The van der Waals surface area contributed by atoms with E-state index in [0.29, 0.717) is 18.9 Å². The summed E-state index contributed by atoms with van der Waals surface area (Å²) in [6.07, 6.45) is 5.08. The second kappa shape index (κ2) is 6.21. The molecular weight excluding hydrogens is 262 g/mol. The standard InChI is InChI=1S/C13H21N3O4/c14-13(20)15-11(17)5-6-16-9-4-2-1-3-8(9)7-10(16)12(18)19/h8-10H,1-7H2,(H,18,19)(H3,14,15,17,20)/t8-,9-,10-/m0/s1. The summed E-state index contributed by atoms with van der Waals surface area (Å²) in [7, 11) is 0. The van der Waals surface area contributed by atoms with Crippen LogP contribution >= 0.6 is 0 Å². The number of imide groups is 1. The first-order valence-electron chi connectivity index (χ1n) is 7.07. The van der Waals surface area contributed by atoms with E-state index in [1.807, 2.05) is 10.2 Å². The molecule has 1 aliphatic carbocycles. The van der Waals surface area contributed by atoms with E-state index in [-0.39, 0.29) is 12.5 Å². The molecule has 0 aromatic rings. The van der Waals surface area contributed by atoms with Gasteiger partial charge in [0.1, 0.15) is 6.04 Å². The zero-order chi connectivity index (χ0) is 14.7. The molecule has 1 aliphatic heterocycles. The minimum Gasteiger partial charge on any atom is -0.480 e. The van der Waals surface area contributed by atoms with Crippen molar-refractivity contribution in [3.05, 3.63) is 0 Å². The van der Waals surface area contributed by atoms with Crippen molar-refractivity contribution in [3.8, 4) is 0 Å². The van der Waals surface area contributed by atoms with E-state index in [4.69, 9.17) is 5.73 Å². The van der Waals surface area contributed by atoms with Crippen LogP contribution in [0.5, 0.6) is 0 Å². The van der Waals surface area contributed by atoms with Crippen molar-refractivity contribution in [2.24, 2.45) is 11.7 Å². The number of likely N-dealkylation sites (tertiary alicyclic amines) is 1. The van der Waals surface area contributed by atoms with Gasteiger partial charge in [-0.1, -0.05) is 12.8 Å². The smallest absolute Gasteiger partial charge is 0.320 e. The average molecular weight is 283 g/mol. The lowest BCUT2D eigenvalue weighted by Crippen LogP contribution is -2.44. The van der Waals surface area contributed by atoms with Crippen LogP contribution in [0.1, 0.15) is 38.5 Å². The Labute approximate surface area is 117 Å². The second-order valence-electron chi connectivity index (χ2n) is 5.60. The third-order valence-electron chi connectivity index (χ3n) is 4.37. The minimum atomic E-state index is -0.873. The molecule has 3 amide bonds. The molecule has 0 unspecified atom stereocenters. The minimum absolute atomic E-state index is 0.0932. The van der Waals surface area contributed by atoms with Crippen molar-refractivity contribution >= 4 is 17.9 Å². The largest absolute Gasteiger partial charge is 0.480 e. The van der Waals surface area contributed by atoms with E-state index in [1.54, 1.807) is 0 Å². The van der Waals surface area contributed by atoms with Crippen LogP contribution in [0.2, 0.25) is 0 Å². The Balaban J connectivity index is 1.96. The molecule has 0 aromatic carbocycles. The molecule has 0 spiro atoms. The Bertz CT molecular complexity index is 412. The summed E-state index contributed by atoms with van der Waals surface area (Å²) in [5.74, 6) is -0.861. The fourth-order valence-electron chi connectivity index (χ4n) is 3.55. The lowest BCUT2D eigenvalue weighted by molar-refractivity contribution is -0.143. The molecule has 3 atom stereocenters. The topological polar surface area (TPSA) is 113 Å². The fraction of sp³-hybridized carbons (Fsp3) is 0.769. The van der Waals surface area contributed by atoms with Crippen molar-refractivity contribution in [2.45, 2.75) is 50.6 Å². The molecule has 0 bridgehead atoms. The lowest BCUT2D eigenvalue weighted by Gasteiger charge is -2.32. The van der Waals surface area contributed by atoms with Crippen LogP contribution in [-0.2, 0) is 9.59 Å². The maximum absolute atomic E-state index is 11.5. The Morgan fingerprint density at radius 2 is 1.95 bits per heavy atom. The molecule has 2 fully saturated rings. The molecule has 1 heterocycles. The van der Waals surface area contributed by atoms with Crippen molar-refractivity contribution < 1.29 is 19.5 Å². The van der Waals surface area contributed by atoms with Gasteiger partial charge in [0, 0.05) is 19.0 Å². The number of carboxylic acids is 1. The van der Waals surface area contributed by atoms with Gasteiger partial charge in [0.05, 0.1) is 0 Å². The number of carboxylic acid groups (broad SMARTS) is 1. The molecule has 7 heteroatoms. The number of aliphatic carboxylic acids is 1. The van der Waals surface area contributed by atoms with E-state index < -0.39 is 23.9 Å². The summed E-state index contributed by atoms with van der Waals surface area (Å²) >= 11 is 0. The number of hydrogen-bond acceptors (Lipinski definition) is 4. The second-order valence-corrected chi connectivity index (χ2v) is 5.60. The summed E-state index contributed by atoms with van der Waals surface area (Å²) in [5.41, 5.74) is 4.88. The first-order chi connectivity index (χ1) is 9.49. The van der Waals surface area contributed by atoms with Crippen LogP contribution < -0.4 is 11.1 Å². The molecule has 0 radical (unpaired) electrons. The van der Waals surface area contributed by atoms with Crippen LogP contribution in [0.25, 0.3) is 0 Å². The molecule has 0 aromatic heterocycles. The highest BCUT2D eigenvalue weighted by Crippen LogP contribution is 2.39. The van der Waals surface area contributed by atoms with Crippen molar-refractivity contribution in [1.82, 2.24) is 10.2 Å². The first kappa shape index (κ1) is 14.8. The van der Waals surface area contributed by atoms with Crippen LogP contribution in [0.3, 0.4) is 0 Å². The molecule has 1 saturated carbocycles. The SMILES string of the molecule is NC(=O)NC(=O)CCN1[C@H](C(=O)O)C[C@@H]2CCCC[C@@H]21. The number of carbonyl (C=O) groups is 3. The number of hydrogen-bond donors (Lipinski definition) is 3. The van der Waals surface area contributed by atoms with Gasteiger partial charge in [-0.15, -0.1) is 0 Å². The number of nitrogens with zero attached hydrogens (tertiary/aromatic N) is 1. The summed E-state index contributed by atoms with van der Waals surface area (Å²) in [6, 6.07) is -1.13. The zero-order valence-electron chi connectivity index (χ0n) is 11.4. The van der Waals surface area contributed by atoms with Gasteiger partial charge < -0.3 is 10.8 Å². The molecule has 112 valence electrons. The maximum atomic E-state index is 11.5. The third-order valence-corrected chi connectivity index (χ3v) is 4.37. The van der Waals surface area contributed by atoms with Gasteiger partial charge in [0.2, 0.25) is 5.91 Å². The van der Waals surface area contributed by atoms with Gasteiger partial charge in [-0.2, -0.15) is 0 Å². The monoisotopic (exact) mass is 283 g/mol. The van der Waals surface area contributed by atoms with Gasteiger partial charge in [0.15, 0.2) is 0 Å². The van der Waals surface area contributed by atoms with E-state index in [2.05, 4.69) is 0 Å². The molecule has 20 heavy (non-hydrogen) atoms. The molecule has 2 rings (SSSR count). The van der Waals surface area contributed by atoms with Gasteiger partial charge in [-0.3, -0.25) is 19.8 Å². The van der Waals surface area contributed by atoms with Gasteiger partial charge in [-0.25, -0.2) is 4.79 Å². The van der Waals surface area contributed by atoms with Gasteiger partial charge >= 0.3 is 12.0 Å². The van der Waals surface area contributed by atoms with Crippen molar-refractivity contribution in [3.63, 3.8) is 0 Å². The highest BCUT2D eigenvalue weighted by Gasteiger charge is 2.44. The van der Waals surface area contributed by atoms with Crippen molar-refractivity contribution in [1.29, 1.82) is 0 Å². The maximum Gasteiger partial charge on any atom is 0.320 e. The number of carbonyl (C=O) groups excluding carboxylic acids is 2. The third kappa shape index (κ3) is 3.27. The quantitative estimate of drug-likeness (QED) is 0.686. The van der Waals surface area contributed by atoms with Crippen molar-refractivity contribution in [2.75, 3.05) is 6.54 Å². The van der Waals surface area contributed by atoms with Gasteiger partial charge in [0.25, 0.3) is 0 Å². The number of nitrogens with one attached hydrogen (secondary N) is 1. The van der Waals surface area contributed by atoms with Crippen LogP contribution in [0.15, 0.2) is 0 Å². The van der Waals surface area contributed by atoms with E-state index >= 15 is 0 Å². The van der Waals surface area contributed by atoms with E-state index in [9.17, 15) is 19.5 Å². The van der Waals surface area contributed by atoms with E-state index in [0.717, 1.165) is 25.7 Å². The molecule has 2 aliphatic rings. The Morgan fingerprint density at radius 1 is 1.25 bits per heavy atom. The summed E-state index contributed by atoms with van der Waals surface area (Å²) < 4.78 is 0. The summed E-state index contributed by atoms with van der Waals surface area (Å²) in [5, 5.41) is 11.3. The molecule has 4 N–H and O–H groups in total. The number of primary amides is 1. The first-order valence-corrected chi connectivity index (χ1v) is 7.07. The predicted molar refractivity (Wildman–Crippen MR) is 70.8 cm³/mol. The summed E-state index contributed by atoms with van der Waals surface area (Å²) in [6.45, 7) is 0.358. The Hall–Kier alpha value is -1.63. The van der Waals surface area contributed by atoms with Crippen LogP contribution in [-0.4, -0.2) is 46.5 Å². The van der Waals surface area contributed by atoms with Crippen LogP contribution in [0, 0.1) is 5.92 Å². The zero-order valence-corrected chi connectivity index (χ0v) is 11.4. The van der Waals surface area contributed by atoms with E-state index in [1.165, 1.54) is 0 Å². The number of urea groups is 1. The average Bonchev–Trinajstić information content (AvgIpc) is 2.74. The molecule has 7 nitrogen and oxygen atoms in total. The number of nitrogens with two attached hydrogens (primary N) is 1. The molecular formula is C13H21N3O4. The molecule has 1 saturated heterocycles. The highest BCUT2D eigenvalue weighted by molar-refractivity contribution is 5.93. The normalized spacial score (nSPS) is 29.7. The number of fused-ring (bicyclic) bond motifs is 1. The predicted octanol–water partition coefficient (Wildman–Crippen LogP) is 0.289. The summed E-state index contributed by atoms with van der Waals surface area (Å²) in [4.78, 5) is 35.3. The Morgan fingerprint density at radius 3 is 2.60 bits per heavy atom. The fourth-order valence-corrected chi connectivity index (χ4v) is 3.55. The van der Waals surface area contributed by atoms with Gasteiger partial charge in [-0.05, 0) is 25.2 Å².